The first-order chi connectivity index (χ1) is 9.81. The summed E-state index contributed by atoms with van der Waals surface area (Å²) in [5.41, 5.74) is 2.69. The summed E-state index contributed by atoms with van der Waals surface area (Å²) in [7, 11) is -0.252. The molecule has 0 atom stereocenters. The lowest BCUT2D eigenvalue weighted by Gasteiger charge is -2.03. The van der Waals surface area contributed by atoms with Crippen molar-refractivity contribution in [2.24, 2.45) is 4.99 Å². The van der Waals surface area contributed by atoms with Crippen molar-refractivity contribution >= 4 is 24.5 Å². The van der Waals surface area contributed by atoms with Gasteiger partial charge in [0.15, 0.2) is 0 Å². The fourth-order valence-electron chi connectivity index (χ4n) is 1.97. The van der Waals surface area contributed by atoms with Crippen LogP contribution >= 0.6 is 0 Å². The zero-order valence-corrected chi connectivity index (χ0v) is 10.8. The van der Waals surface area contributed by atoms with E-state index < -0.39 is 0 Å². The molecular weight excluding hydrogens is 256 g/mol. The van der Waals surface area contributed by atoms with Crippen LogP contribution in [0.5, 0.6) is 0 Å². The first-order valence-electron chi connectivity index (χ1n) is 6.44. The number of hydrogen-bond donors (Lipinski definition) is 0. The van der Waals surface area contributed by atoms with Crippen molar-refractivity contribution < 1.29 is 13.7 Å². The molecular formula is C15H13BFNO2. The van der Waals surface area contributed by atoms with Crippen molar-refractivity contribution in [1.82, 2.24) is 0 Å². The maximum absolute atomic E-state index is 12.8. The SMILES string of the molecule is Fc1ccc(N=Cc2ccc(B3OCCO3)cc2)cc1. The average Bonchev–Trinajstić information content (AvgIpc) is 3.01. The topological polar surface area (TPSA) is 30.8 Å². The second-order valence-corrected chi connectivity index (χ2v) is 4.47. The van der Waals surface area contributed by atoms with Gasteiger partial charge in [-0.3, -0.25) is 4.99 Å². The van der Waals surface area contributed by atoms with Crippen molar-refractivity contribution in [3.05, 3.63) is 59.9 Å². The minimum absolute atomic E-state index is 0.252. The van der Waals surface area contributed by atoms with E-state index in [2.05, 4.69) is 4.99 Å². The zero-order valence-electron chi connectivity index (χ0n) is 10.8. The van der Waals surface area contributed by atoms with Gasteiger partial charge in [-0.1, -0.05) is 24.3 Å². The summed E-state index contributed by atoms with van der Waals surface area (Å²) in [5.74, 6) is -0.259. The number of nitrogens with zero attached hydrogens (tertiary/aromatic N) is 1. The Bertz CT molecular complexity index is 592. The predicted molar refractivity (Wildman–Crippen MR) is 77.4 cm³/mol. The maximum Gasteiger partial charge on any atom is 0.494 e. The van der Waals surface area contributed by atoms with Gasteiger partial charge in [-0.05, 0) is 35.3 Å². The van der Waals surface area contributed by atoms with Crippen LogP contribution in [0, 0.1) is 5.82 Å². The minimum atomic E-state index is -0.259. The van der Waals surface area contributed by atoms with Gasteiger partial charge in [-0.2, -0.15) is 0 Å². The Labute approximate surface area is 117 Å². The highest BCUT2D eigenvalue weighted by atomic mass is 19.1. The molecule has 1 aliphatic heterocycles. The highest BCUT2D eigenvalue weighted by molar-refractivity contribution is 6.61. The van der Waals surface area contributed by atoms with Crippen LogP contribution in [0.2, 0.25) is 0 Å². The summed E-state index contributed by atoms with van der Waals surface area (Å²) in [6, 6.07) is 13.9. The van der Waals surface area contributed by atoms with E-state index in [1.54, 1.807) is 18.3 Å². The van der Waals surface area contributed by atoms with Gasteiger partial charge in [-0.15, -0.1) is 0 Å². The Balaban J connectivity index is 1.69. The summed E-state index contributed by atoms with van der Waals surface area (Å²) in [6.07, 6.45) is 1.74. The molecule has 1 aliphatic rings. The van der Waals surface area contributed by atoms with E-state index in [1.807, 2.05) is 24.3 Å². The van der Waals surface area contributed by atoms with Gasteiger partial charge in [0, 0.05) is 6.21 Å². The normalized spacial score (nSPS) is 15.2. The highest BCUT2D eigenvalue weighted by Crippen LogP contribution is 2.12. The molecule has 0 aliphatic carbocycles. The van der Waals surface area contributed by atoms with E-state index in [0.717, 1.165) is 16.7 Å². The lowest BCUT2D eigenvalue weighted by Crippen LogP contribution is -2.31. The minimum Gasteiger partial charge on any atom is -0.405 e. The van der Waals surface area contributed by atoms with Gasteiger partial charge in [0.05, 0.1) is 18.9 Å². The molecule has 0 spiro atoms. The standard InChI is InChI=1S/C15H13BFNO2/c17-14-5-7-15(8-6-14)18-11-12-1-3-13(4-2-12)16-19-9-10-20-16/h1-8,11H,9-10H2. The Morgan fingerprint density at radius 1 is 0.950 bits per heavy atom. The maximum atomic E-state index is 12.8. The molecule has 5 heteroatoms. The van der Waals surface area contributed by atoms with Crippen LogP contribution in [0.4, 0.5) is 10.1 Å². The molecule has 0 radical (unpaired) electrons. The molecule has 0 amide bonds. The van der Waals surface area contributed by atoms with Crippen LogP contribution in [-0.4, -0.2) is 26.5 Å². The number of aliphatic imine (C=N–C) groups is 1. The fourth-order valence-corrected chi connectivity index (χ4v) is 1.97. The Hall–Kier alpha value is -1.98. The van der Waals surface area contributed by atoms with Gasteiger partial charge < -0.3 is 9.31 Å². The van der Waals surface area contributed by atoms with E-state index in [0.29, 0.717) is 13.2 Å². The van der Waals surface area contributed by atoms with Crippen LogP contribution in [0.15, 0.2) is 53.5 Å². The van der Waals surface area contributed by atoms with E-state index in [9.17, 15) is 4.39 Å². The van der Waals surface area contributed by atoms with Gasteiger partial charge in [-0.25, -0.2) is 4.39 Å². The van der Waals surface area contributed by atoms with Crippen molar-refractivity contribution in [2.45, 2.75) is 0 Å². The smallest absolute Gasteiger partial charge is 0.405 e. The van der Waals surface area contributed by atoms with Gasteiger partial charge in [0.25, 0.3) is 0 Å². The van der Waals surface area contributed by atoms with Crippen LogP contribution < -0.4 is 5.46 Å². The van der Waals surface area contributed by atoms with Gasteiger partial charge in [0.1, 0.15) is 5.82 Å². The van der Waals surface area contributed by atoms with E-state index in [-0.39, 0.29) is 12.9 Å². The van der Waals surface area contributed by atoms with Crippen molar-refractivity contribution in [1.29, 1.82) is 0 Å². The second kappa shape index (κ2) is 5.99. The number of halogens is 1. The van der Waals surface area contributed by atoms with Crippen LogP contribution in [0.3, 0.4) is 0 Å². The summed E-state index contributed by atoms with van der Waals surface area (Å²) in [4.78, 5) is 4.29. The molecule has 2 aromatic rings. The quantitative estimate of drug-likeness (QED) is 0.632. The first-order valence-corrected chi connectivity index (χ1v) is 6.44. The Kier molecular flexibility index (Phi) is 3.90. The van der Waals surface area contributed by atoms with E-state index in [1.165, 1.54) is 12.1 Å². The van der Waals surface area contributed by atoms with Gasteiger partial charge >= 0.3 is 7.12 Å². The molecule has 100 valence electrons. The molecule has 1 saturated heterocycles. The third kappa shape index (κ3) is 3.12. The van der Waals surface area contributed by atoms with Crippen molar-refractivity contribution in [3.8, 4) is 0 Å². The molecule has 1 fully saturated rings. The molecule has 2 aromatic carbocycles. The molecule has 0 N–H and O–H groups in total. The summed E-state index contributed by atoms with van der Waals surface area (Å²) < 4.78 is 23.6. The van der Waals surface area contributed by atoms with Crippen molar-refractivity contribution in [2.75, 3.05) is 13.2 Å². The number of benzene rings is 2. The van der Waals surface area contributed by atoms with E-state index in [4.69, 9.17) is 9.31 Å². The third-order valence-corrected chi connectivity index (χ3v) is 3.02. The predicted octanol–water partition coefficient (Wildman–Crippen LogP) is 2.32. The zero-order chi connectivity index (χ0) is 13.8. The monoisotopic (exact) mass is 269 g/mol. The van der Waals surface area contributed by atoms with Crippen LogP contribution in [0.25, 0.3) is 0 Å². The highest BCUT2D eigenvalue weighted by Gasteiger charge is 2.25. The van der Waals surface area contributed by atoms with Crippen molar-refractivity contribution in [3.63, 3.8) is 0 Å². The van der Waals surface area contributed by atoms with Crippen LogP contribution in [0.1, 0.15) is 5.56 Å². The molecule has 3 rings (SSSR count). The Morgan fingerprint density at radius 2 is 1.60 bits per heavy atom. The largest absolute Gasteiger partial charge is 0.494 e. The molecule has 1 heterocycles. The lowest BCUT2D eigenvalue weighted by molar-refractivity contribution is 0.365. The van der Waals surface area contributed by atoms with E-state index >= 15 is 0 Å². The molecule has 0 bridgehead atoms. The molecule has 20 heavy (non-hydrogen) atoms. The number of hydrogen-bond acceptors (Lipinski definition) is 3. The molecule has 3 nitrogen and oxygen atoms in total. The Morgan fingerprint density at radius 3 is 2.25 bits per heavy atom. The first kappa shape index (κ1) is 13.0. The molecule has 0 unspecified atom stereocenters. The summed E-state index contributed by atoms with van der Waals surface area (Å²) >= 11 is 0. The third-order valence-electron chi connectivity index (χ3n) is 3.02. The molecule has 0 aromatic heterocycles. The van der Waals surface area contributed by atoms with Crippen LogP contribution in [-0.2, 0) is 9.31 Å². The fraction of sp³-hybridized carbons (Fsp3) is 0.133. The second-order valence-electron chi connectivity index (χ2n) is 4.47. The lowest BCUT2D eigenvalue weighted by atomic mass is 9.79. The molecule has 0 saturated carbocycles. The van der Waals surface area contributed by atoms with Gasteiger partial charge in [0.2, 0.25) is 0 Å². The summed E-state index contributed by atoms with van der Waals surface area (Å²) in [5, 5.41) is 0. The number of rotatable bonds is 3. The average molecular weight is 269 g/mol. The summed E-state index contributed by atoms with van der Waals surface area (Å²) in [6.45, 7) is 1.27.